The molecule has 0 aliphatic rings. The summed E-state index contributed by atoms with van der Waals surface area (Å²) in [7, 11) is 1.15. The van der Waals surface area contributed by atoms with Crippen LogP contribution in [0.5, 0.6) is 0 Å². The second-order valence-corrected chi connectivity index (χ2v) is 12.2. The van der Waals surface area contributed by atoms with Gasteiger partial charge in [0.05, 0.1) is 27.7 Å². The highest BCUT2D eigenvalue weighted by molar-refractivity contribution is 7.45. The van der Waals surface area contributed by atoms with Crippen LogP contribution in [0.4, 0.5) is 0 Å². The van der Waals surface area contributed by atoms with Crippen molar-refractivity contribution in [2.24, 2.45) is 0 Å². The summed E-state index contributed by atoms with van der Waals surface area (Å²) in [4.78, 5) is 36.3. The number of phosphoric acid groups is 1. The number of carbonyl (C=O) groups excluding carboxylic acids is 2. The normalized spacial score (nSPS) is 14.4. The SMILES string of the molecule is CCCCC/C=C\CCCCCCCC(=O)OC(COC(=O)CCCC)COP(=O)([O-])OCC[N+](C)(C)C. The molecule has 0 aromatic rings. The van der Waals surface area contributed by atoms with Crippen LogP contribution in [0.2, 0.25) is 0 Å². The third-order valence-corrected chi connectivity index (χ3v) is 6.75. The van der Waals surface area contributed by atoms with Crippen LogP contribution < -0.4 is 4.89 Å². The van der Waals surface area contributed by atoms with Gasteiger partial charge in [-0.3, -0.25) is 14.2 Å². The number of nitrogens with zero attached hydrogens (tertiary/aromatic N) is 1. The Labute approximate surface area is 231 Å². The molecule has 38 heavy (non-hydrogen) atoms. The Bertz CT molecular complexity index is 693. The maximum atomic E-state index is 12.4. The number of carbonyl (C=O) groups is 2. The average molecular weight is 564 g/mol. The van der Waals surface area contributed by atoms with Crippen LogP contribution in [0.15, 0.2) is 12.2 Å². The number of quaternary nitrogens is 1. The zero-order chi connectivity index (χ0) is 28.7. The first-order valence-electron chi connectivity index (χ1n) is 14.4. The van der Waals surface area contributed by atoms with E-state index in [1.807, 2.05) is 28.1 Å². The van der Waals surface area contributed by atoms with E-state index in [4.69, 9.17) is 18.5 Å². The number of unbranched alkanes of at least 4 members (excludes halogenated alkanes) is 9. The highest BCUT2D eigenvalue weighted by Gasteiger charge is 2.21. The van der Waals surface area contributed by atoms with Crippen molar-refractivity contribution in [1.29, 1.82) is 0 Å². The first-order chi connectivity index (χ1) is 18.0. The summed E-state index contributed by atoms with van der Waals surface area (Å²) in [5.74, 6) is -0.891. The molecule has 0 saturated heterocycles. The predicted molar refractivity (Wildman–Crippen MR) is 148 cm³/mol. The Kier molecular flexibility index (Phi) is 21.8. The largest absolute Gasteiger partial charge is 0.756 e. The summed E-state index contributed by atoms with van der Waals surface area (Å²) in [6.07, 6.45) is 16.5. The van der Waals surface area contributed by atoms with Crippen molar-refractivity contribution in [1.82, 2.24) is 0 Å². The number of rotatable bonds is 25. The molecule has 10 heteroatoms. The van der Waals surface area contributed by atoms with Crippen molar-refractivity contribution in [3.8, 4) is 0 Å². The molecule has 0 aromatic carbocycles. The third kappa shape index (κ3) is 25.1. The lowest BCUT2D eigenvalue weighted by atomic mass is 10.1. The van der Waals surface area contributed by atoms with E-state index in [0.29, 0.717) is 23.9 Å². The van der Waals surface area contributed by atoms with Crippen LogP contribution in [-0.2, 0) is 32.7 Å². The van der Waals surface area contributed by atoms with Gasteiger partial charge in [-0.2, -0.15) is 0 Å². The van der Waals surface area contributed by atoms with Crippen LogP contribution in [-0.4, -0.2) is 70.0 Å². The number of hydrogen-bond acceptors (Lipinski definition) is 8. The van der Waals surface area contributed by atoms with Crippen molar-refractivity contribution in [3.05, 3.63) is 12.2 Å². The highest BCUT2D eigenvalue weighted by Crippen LogP contribution is 2.38. The Hall–Kier alpha value is -1.25. The monoisotopic (exact) mass is 563 g/mol. The molecule has 0 bridgehead atoms. The fourth-order valence-corrected chi connectivity index (χ4v) is 4.12. The van der Waals surface area contributed by atoms with Gasteiger partial charge in [0.25, 0.3) is 7.82 Å². The summed E-state index contributed by atoms with van der Waals surface area (Å²) in [6, 6.07) is 0. The van der Waals surface area contributed by atoms with Gasteiger partial charge in [-0.15, -0.1) is 0 Å². The molecule has 0 aromatic heterocycles. The smallest absolute Gasteiger partial charge is 0.306 e. The molecule has 0 aliphatic heterocycles. The van der Waals surface area contributed by atoms with E-state index in [1.165, 1.54) is 19.3 Å². The van der Waals surface area contributed by atoms with Gasteiger partial charge < -0.3 is 27.9 Å². The molecule has 0 fully saturated rings. The Morgan fingerprint density at radius 2 is 1.37 bits per heavy atom. The molecule has 9 nitrogen and oxygen atoms in total. The van der Waals surface area contributed by atoms with Crippen molar-refractivity contribution >= 4 is 19.8 Å². The molecule has 0 aliphatic carbocycles. The zero-order valence-electron chi connectivity index (χ0n) is 24.6. The van der Waals surface area contributed by atoms with E-state index in [0.717, 1.165) is 44.9 Å². The van der Waals surface area contributed by atoms with Gasteiger partial charge in [-0.1, -0.05) is 64.5 Å². The molecule has 0 heterocycles. The first kappa shape index (κ1) is 36.8. The Balaban J connectivity index is 4.40. The van der Waals surface area contributed by atoms with Gasteiger partial charge in [0.2, 0.25) is 0 Å². The van der Waals surface area contributed by atoms with Gasteiger partial charge >= 0.3 is 11.9 Å². The standard InChI is InChI=1S/C28H54NO8P/c1-6-8-10-11-12-13-14-15-16-17-18-19-21-28(31)37-26(24-34-27(30)20-9-7-2)25-36-38(32,33)35-23-22-29(3,4)5/h12-13,26H,6-11,14-25H2,1-5H3/b13-12-. The average Bonchev–Trinajstić information content (AvgIpc) is 2.84. The minimum atomic E-state index is -4.59. The Morgan fingerprint density at radius 3 is 2.00 bits per heavy atom. The van der Waals surface area contributed by atoms with E-state index < -0.39 is 32.5 Å². The fourth-order valence-electron chi connectivity index (χ4n) is 3.39. The maximum absolute atomic E-state index is 12.4. The number of likely N-dealkylation sites (N-methyl/N-ethyl adjacent to an activating group) is 1. The van der Waals surface area contributed by atoms with Crippen molar-refractivity contribution in [2.45, 2.75) is 110 Å². The summed E-state index contributed by atoms with van der Waals surface area (Å²) in [6.45, 7) is 3.88. The summed E-state index contributed by atoms with van der Waals surface area (Å²) in [5.41, 5.74) is 0. The lowest BCUT2D eigenvalue weighted by molar-refractivity contribution is -0.870. The Morgan fingerprint density at radius 1 is 0.789 bits per heavy atom. The van der Waals surface area contributed by atoms with Gasteiger partial charge in [-0.05, 0) is 38.5 Å². The van der Waals surface area contributed by atoms with E-state index in [9.17, 15) is 19.0 Å². The number of allylic oxidation sites excluding steroid dienone is 2. The number of phosphoric ester groups is 1. The lowest BCUT2D eigenvalue weighted by Crippen LogP contribution is -2.37. The minimum Gasteiger partial charge on any atom is -0.756 e. The van der Waals surface area contributed by atoms with Gasteiger partial charge in [-0.25, -0.2) is 0 Å². The third-order valence-electron chi connectivity index (χ3n) is 5.79. The number of ether oxygens (including phenoxy) is 2. The quantitative estimate of drug-likeness (QED) is 0.0457. The topological polar surface area (TPSA) is 111 Å². The van der Waals surface area contributed by atoms with E-state index in [-0.39, 0.29) is 26.1 Å². The summed E-state index contributed by atoms with van der Waals surface area (Å²) >= 11 is 0. The lowest BCUT2D eigenvalue weighted by Gasteiger charge is -2.28. The molecule has 0 saturated carbocycles. The minimum absolute atomic E-state index is 0.0318. The molecule has 0 radical (unpaired) electrons. The predicted octanol–water partition coefficient (Wildman–Crippen LogP) is 5.71. The molecule has 0 N–H and O–H groups in total. The number of hydrogen-bond donors (Lipinski definition) is 0. The van der Waals surface area contributed by atoms with Gasteiger partial charge in [0, 0.05) is 12.8 Å². The molecule has 0 amide bonds. The van der Waals surface area contributed by atoms with E-state index >= 15 is 0 Å². The van der Waals surface area contributed by atoms with Crippen LogP contribution >= 0.6 is 7.82 Å². The van der Waals surface area contributed by atoms with Crippen LogP contribution in [0, 0.1) is 0 Å². The van der Waals surface area contributed by atoms with Crippen molar-refractivity contribution in [2.75, 3.05) is 47.5 Å². The second kappa shape index (κ2) is 22.6. The fraction of sp³-hybridized carbons (Fsp3) is 0.857. The maximum Gasteiger partial charge on any atom is 0.306 e. The van der Waals surface area contributed by atoms with Crippen LogP contribution in [0.3, 0.4) is 0 Å². The molecular weight excluding hydrogens is 509 g/mol. The van der Waals surface area contributed by atoms with Crippen molar-refractivity contribution < 1.29 is 42.1 Å². The summed E-state index contributed by atoms with van der Waals surface area (Å²) < 4.78 is 33.0. The van der Waals surface area contributed by atoms with Gasteiger partial charge in [0.1, 0.15) is 19.8 Å². The molecule has 0 spiro atoms. The molecular formula is C28H54NO8P. The molecule has 2 atom stereocenters. The van der Waals surface area contributed by atoms with Gasteiger partial charge in [0.15, 0.2) is 6.10 Å². The summed E-state index contributed by atoms with van der Waals surface area (Å²) in [5, 5.41) is 0. The molecule has 224 valence electrons. The van der Waals surface area contributed by atoms with Crippen LogP contribution in [0.1, 0.15) is 104 Å². The van der Waals surface area contributed by atoms with Crippen molar-refractivity contribution in [3.63, 3.8) is 0 Å². The van der Waals surface area contributed by atoms with Crippen LogP contribution in [0.25, 0.3) is 0 Å². The first-order valence-corrected chi connectivity index (χ1v) is 15.9. The highest BCUT2D eigenvalue weighted by atomic mass is 31.2. The van der Waals surface area contributed by atoms with E-state index in [2.05, 4.69) is 19.1 Å². The molecule has 2 unspecified atom stereocenters. The number of esters is 2. The van der Waals surface area contributed by atoms with E-state index in [1.54, 1.807) is 0 Å². The molecule has 0 rings (SSSR count). The second-order valence-electron chi connectivity index (χ2n) is 10.8. The zero-order valence-corrected chi connectivity index (χ0v) is 25.5.